The second kappa shape index (κ2) is 7.79. The Bertz CT molecular complexity index is 1040. The summed E-state index contributed by atoms with van der Waals surface area (Å²) in [5.74, 6) is -0.103. The first-order valence-corrected chi connectivity index (χ1v) is 9.51. The van der Waals surface area contributed by atoms with Gasteiger partial charge in [-0.15, -0.1) is 0 Å². The Hall–Kier alpha value is -2.61. The number of aromatic nitrogens is 2. The van der Waals surface area contributed by atoms with E-state index in [1.807, 2.05) is 31.2 Å². The zero-order valence-corrected chi connectivity index (χ0v) is 16.1. The van der Waals surface area contributed by atoms with E-state index in [-0.39, 0.29) is 23.7 Å². The van der Waals surface area contributed by atoms with Crippen molar-refractivity contribution < 1.29 is 9.53 Å². The number of ether oxygens (including phenoxy) is 1. The fourth-order valence-electron chi connectivity index (χ4n) is 3.42. The van der Waals surface area contributed by atoms with Crippen molar-refractivity contribution in [3.8, 4) is 0 Å². The number of nitrogens with zero attached hydrogens (tertiary/aromatic N) is 1. The van der Waals surface area contributed by atoms with E-state index in [1.54, 1.807) is 18.2 Å². The molecule has 1 saturated heterocycles. The van der Waals surface area contributed by atoms with E-state index in [0.29, 0.717) is 41.4 Å². The van der Waals surface area contributed by atoms with Crippen molar-refractivity contribution in [2.75, 3.05) is 25.0 Å². The molecule has 3 aromatic rings. The number of H-pyrrole nitrogens is 2. The molecule has 0 spiro atoms. The van der Waals surface area contributed by atoms with Crippen molar-refractivity contribution in [3.05, 3.63) is 63.5 Å². The van der Waals surface area contributed by atoms with E-state index in [1.165, 1.54) is 0 Å². The molecule has 0 saturated carbocycles. The van der Waals surface area contributed by atoms with Crippen LogP contribution in [0.3, 0.4) is 0 Å². The van der Waals surface area contributed by atoms with Crippen molar-refractivity contribution in [2.45, 2.75) is 19.1 Å². The Kier molecular flexibility index (Phi) is 5.21. The molecule has 7 nitrogen and oxygen atoms in total. The maximum atomic E-state index is 12.8. The fraction of sp³-hybridized carbons (Fsp3) is 0.300. The van der Waals surface area contributed by atoms with Gasteiger partial charge in [-0.2, -0.15) is 0 Å². The number of carbonyl (C=O) groups excluding carboxylic acids is 1. The molecule has 4 rings (SSSR count). The summed E-state index contributed by atoms with van der Waals surface area (Å²) in [7, 11) is 0. The minimum Gasteiger partial charge on any atom is -0.371 e. The number of nitrogens with one attached hydrogen (secondary N) is 3. The molecule has 1 aliphatic heterocycles. The zero-order valence-electron chi connectivity index (χ0n) is 15.4. The standard InChI is InChI=1S/C20H21ClN4O3/c1-12(19(26)22-15-6-7-16-17(10-15)24-20(27)23-16)25-8-9-28-18(11-25)13-2-4-14(21)5-3-13/h2-7,10,12,18H,8-9,11H2,1H3,(H,22,26)(H2,23,24,27)/t12-,18-/m1/s1. The first-order chi connectivity index (χ1) is 13.5. The number of halogens is 1. The van der Waals surface area contributed by atoms with Crippen molar-refractivity contribution in [2.24, 2.45) is 0 Å². The molecule has 0 bridgehead atoms. The molecule has 146 valence electrons. The summed E-state index contributed by atoms with van der Waals surface area (Å²) in [5.41, 5.74) is 2.78. The Balaban J connectivity index is 1.43. The number of anilines is 1. The molecule has 3 N–H and O–H groups in total. The van der Waals surface area contributed by atoms with E-state index in [9.17, 15) is 9.59 Å². The molecule has 2 atom stereocenters. The van der Waals surface area contributed by atoms with Crippen molar-refractivity contribution in [1.82, 2.24) is 14.9 Å². The van der Waals surface area contributed by atoms with Gasteiger partial charge in [0.05, 0.1) is 29.8 Å². The second-order valence-electron chi connectivity index (χ2n) is 6.91. The number of benzene rings is 2. The first-order valence-electron chi connectivity index (χ1n) is 9.13. The lowest BCUT2D eigenvalue weighted by atomic mass is 10.1. The quantitative estimate of drug-likeness (QED) is 0.628. The molecule has 2 heterocycles. The van der Waals surface area contributed by atoms with Crippen LogP contribution in [0.2, 0.25) is 5.02 Å². The molecule has 0 aliphatic carbocycles. The normalized spacial score (nSPS) is 18.9. The fourth-order valence-corrected chi connectivity index (χ4v) is 3.55. The van der Waals surface area contributed by atoms with Crippen LogP contribution in [0.5, 0.6) is 0 Å². The van der Waals surface area contributed by atoms with Crippen LogP contribution in [0.4, 0.5) is 5.69 Å². The molecular weight excluding hydrogens is 380 g/mol. The average molecular weight is 401 g/mol. The maximum Gasteiger partial charge on any atom is 0.323 e. The van der Waals surface area contributed by atoms with Crippen LogP contribution in [-0.4, -0.2) is 46.5 Å². The number of hydrogen-bond donors (Lipinski definition) is 3. The number of carbonyl (C=O) groups is 1. The molecule has 0 unspecified atom stereocenters. The lowest BCUT2D eigenvalue weighted by molar-refractivity contribution is -0.124. The Morgan fingerprint density at radius 3 is 2.75 bits per heavy atom. The Morgan fingerprint density at radius 1 is 1.21 bits per heavy atom. The predicted molar refractivity (Wildman–Crippen MR) is 109 cm³/mol. The molecule has 8 heteroatoms. The minimum absolute atomic E-state index is 0.0949. The largest absolute Gasteiger partial charge is 0.371 e. The number of hydrogen-bond acceptors (Lipinski definition) is 4. The summed E-state index contributed by atoms with van der Waals surface area (Å²) in [6.45, 7) is 3.75. The van der Waals surface area contributed by atoms with E-state index in [2.05, 4.69) is 20.2 Å². The van der Waals surface area contributed by atoms with Gasteiger partial charge in [-0.25, -0.2) is 4.79 Å². The number of morpholine rings is 1. The number of rotatable bonds is 4. The third-order valence-electron chi connectivity index (χ3n) is 5.05. The summed E-state index contributed by atoms with van der Waals surface area (Å²) < 4.78 is 5.88. The Labute approximate surface area is 166 Å². The molecule has 1 amide bonds. The minimum atomic E-state index is -0.320. The SMILES string of the molecule is C[C@H](C(=O)Nc1ccc2[nH]c(=O)[nH]c2c1)N1CCO[C@@H](c2ccc(Cl)cc2)C1. The number of imidazole rings is 1. The maximum absolute atomic E-state index is 12.8. The topological polar surface area (TPSA) is 90.2 Å². The van der Waals surface area contributed by atoms with Crippen LogP contribution >= 0.6 is 11.6 Å². The van der Waals surface area contributed by atoms with Gasteiger partial charge in [-0.05, 0) is 42.8 Å². The molecule has 1 fully saturated rings. The van der Waals surface area contributed by atoms with E-state index in [0.717, 1.165) is 5.56 Å². The molecular formula is C20H21ClN4O3. The smallest absolute Gasteiger partial charge is 0.323 e. The first kappa shape index (κ1) is 18.7. The highest BCUT2D eigenvalue weighted by atomic mass is 35.5. The van der Waals surface area contributed by atoms with Crippen molar-refractivity contribution >= 4 is 34.2 Å². The van der Waals surface area contributed by atoms with Crippen LogP contribution in [0.15, 0.2) is 47.3 Å². The van der Waals surface area contributed by atoms with Gasteiger partial charge in [0.15, 0.2) is 0 Å². The predicted octanol–water partition coefficient (Wildman–Crippen LogP) is 2.91. The van der Waals surface area contributed by atoms with E-state index in [4.69, 9.17) is 16.3 Å². The highest BCUT2D eigenvalue weighted by molar-refractivity contribution is 6.30. The van der Waals surface area contributed by atoms with Crippen LogP contribution < -0.4 is 11.0 Å². The second-order valence-corrected chi connectivity index (χ2v) is 7.35. The summed E-state index contributed by atoms with van der Waals surface area (Å²) in [5, 5.41) is 3.61. The summed E-state index contributed by atoms with van der Waals surface area (Å²) in [6, 6.07) is 12.6. The monoisotopic (exact) mass is 400 g/mol. The lowest BCUT2D eigenvalue weighted by Crippen LogP contribution is -2.48. The molecule has 28 heavy (non-hydrogen) atoms. The summed E-state index contributed by atoms with van der Waals surface area (Å²) in [4.78, 5) is 31.6. The van der Waals surface area contributed by atoms with Gasteiger partial charge in [0.2, 0.25) is 5.91 Å². The number of aromatic amines is 2. The van der Waals surface area contributed by atoms with Crippen LogP contribution in [-0.2, 0) is 9.53 Å². The van der Waals surface area contributed by atoms with Gasteiger partial charge < -0.3 is 20.0 Å². The highest BCUT2D eigenvalue weighted by Crippen LogP contribution is 2.25. The van der Waals surface area contributed by atoms with Crippen molar-refractivity contribution in [3.63, 3.8) is 0 Å². The third kappa shape index (κ3) is 3.96. The van der Waals surface area contributed by atoms with Gasteiger partial charge in [0, 0.05) is 23.8 Å². The average Bonchev–Trinajstić information content (AvgIpc) is 3.07. The zero-order chi connectivity index (χ0) is 19.7. The van der Waals surface area contributed by atoms with E-state index >= 15 is 0 Å². The highest BCUT2D eigenvalue weighted by Gasteiger charge is 2.28. The van der Waals surface area contributed by atoms with E-state index < -0.39 is 0 Å². The van der Waals surface area contributed by atoms with Gasteiger partial charge in [0.1, 0.15) is 0 Å². The van der Waals surface area contributed by atoms with Gasteiger partial charge in [-0.1, -0.05) is 23.7 Å². The number of fused-ring (bicyclic) bond motifs is 1. The molecule has 0 radical (unpaired) electrons. The van der Waals surface area contributed by atoms with Gasteiger partial charge >= 0.3 is 5.69 Å². The number of amides is 1. The van der Waals surface area contributed by atoms with Gasteiger partial charge in [0.25, 0.3) is 0 Å². The van der Waals surface area contributed by atoms with Crippen LogP contribution in [0.1, 0.15) is 18.6 Å². The molecule has 2 aromatic carbocycles. The van der Waals surface area contributed by atoms with Crippen molar-refractivity contribution in [1.29, 1.82) is 0 Å². The molecule has 1 aromatic heterocycles. The van der Waals surface area contributed by atoms with Crippen LogP contribution in [0.25, 0.3) is 11.0 Å². The van der Waals surface area contributed by atoms with Gasteiger partial charge in [-0.3, -0.25) is 9.69 Å². The summed E-state index contributed by atoms with van der Waals surface area (Å²) in [6.07, 6.45) is -0.0949. The molecule has 1 aliphatic rings. The Morgan fingerprint density at radius 2 is 1.96 bits per heavy atom. The lowest BCUT2D eigenvalue weighted by Gasteiger charge is -2.36. The third-order valence-corrected chi connectivity index (χ3v) is 5.30. The summed E-state index contributed by atoms with van der Waals surface area (Å²) >= 11 is 5.96. The van der Waals surface area contributed by atoms with Crippen LogP contribution in [0, 0.1) is 0 Å².